The summed E-state index contributed by atoms with van der Waals surface area (Å²) in [7, 11) is 0. The largest absolute Gasteiger partial charge is 0.399 e. The maximum atomic E-state index is 12.4. The lowest BCUT2D eigenvalue weighted by atomic mass is 9.86. The van der Waals surface area contributed by atoms with Crippen molar-refractivity contribution >= 4 is 28.9 Å². The smallest absolute Gasteiger partial charge is 0.255 e. The highest BCUT2D eigenvalue weighted by Crippen LogP contribution is 2.37. The zero-order chi connectivity index (χ0) is 16.8. The summed E-state index contributed by atoms with van der Waals surface area (Å²) in [5.41, 5.74) is 9.51. The van der Waals surface area contributed by atoms with Gasteiger partial charge in [-0.25, -0.2) is 0 Å². The third kappa shape index (κ3) is 2.54. The van der Waals surface area contributed by atoms with Gasteiger partial charge < -0.3 is 16.4 Å². The minimum Gasteiger partial charge on any atom is -0.399 e. The van der Waals surface area contributed by atoms with E-state index in [1.54, 1.807) is 30.3 Å². The van der Waals surface area contributed by atoms with E-state index >= 15 is 0 Å². The number of carbonyl (C=O) groups is 2. The highest BCUT2D eigenvalue weighted by atomic mass is 16.2. The second kappa shape index (κ2) is 5.12. The number of hydrogen-bond donors (Lipinski definition) is 3. The van der Waals surface area contributed by atoms with Crippen molar-refractivity contribution < 1.29 is 9.59 Å². The first kappa shape index (κ1) is 15.1. The van der Waals surface area contributed by atoms with E-state index in [9.17, 15) is 9.59 Å². The summed E-state index contributed by atoms with van der Waals surface area (Å²) in [5, 5.41) is 5.70. The molecule has 1 heterocycles. The number of nitrogens with one attached hydrogen (secondary N) is 2. The molecule has 4 N–H and O–H groups in total. The first-order chi connectivity index (χ1) is 10.8. The van der Waals surface area contributed by atoms with Crippen molar-refractivity contribution in [2.24, 2.45) is 0 Å². The summed E-state index contributed by atoms with van der Waals surface area (Å²) in [6.45, 7) is 5.62. The Labute approximate surface area is 134 Å². The summed E-state index contributed by atoms with van der Waals surface area (Å²) in [5.74, 6) is -0.279. The van der Waals surface area contributed by atoms with Crippen LogP contribution in [0.25, 0.3) is 0 Å². The Bertz CT molecular complexity index is 825. The van der Waals surface area contributed by atoms with Crippen molar-refractivity contribution in [2.75, 3.05) is 16.4 Å². The number of hydrogen-bond acceptors (Lipinski definition) is 3. The Hall–Kier alpha value is -2.82. The fraction of sp³-hybridized carbons (Fsp3) is 0.222. The fourth-order valence-corrected chi connectivity index (χ4v) is 2.76. The second-order valence-electron chi connectivity index (χ2n) is 6.37. The first-order valence-corrected chi connectivity index (χ1v) is 7.42. The molecule has 0 unspecified atom stereocenters. The highest BCUT2D eigenvalue weighted by Gasteiger charge is 2.38. The summed E-state index contributed by atoms with van der Waals surface area (Å²) in [6.07, 6.45) is 0. The van der Waals surface area contributed by atoms with E-state index in [1.165, 1.54) is 0 Å². The topological polar surface area (TPSA) is 84.2 Å². The molecule has 0 saturated heterocycles. The van der Waals surface area contributed by atoms with Crippen molar-refractivity contribution in [3.8, 4) is 0 Å². The van der Waals surface area contributed by atoms with Gasteiger partial charge in [0.2, 0.25) is 5.91 Å². The van der Waals surface area contributed by atoms with Crippen molar-refractivity contribution in [1.29, 1.82) is 0 Å². The van der Waals surface area contributed by atoms with E-state index in [0.717, 1.165) is 11.1 Å². The number of nitrogen functional groups attached to an aromatic ring is 1. The van der Waals surface area contributed by atoms with Crippen molar-refractivity contribution in [3.63, 3.8) is 0 Å². The number of benzene rings is 2. The third-order valence-corrected chi connectivity index (χ3v) is 4.27. The Morgan fingerprint density at radius 2 is 1.91 bits per heavy atom. The van der Waals surface area contributed by atoms with Crippen LogP contribution in [-0.4, -0.2) is 11.8 Å². The molecule has 5 heteroatoms. The molecule has 0 aromatic heterocycles. The van der Waals surface area contributed by atoms with Crippen LogP contribution >= 0.6 is 0 Å². The highest BCUT2D eigenvalue weighted by molar-refractivity contribution is 6.09. The number of nitrogens with two attached hydrogens (primary N) is 1. The lowest BCUT2D eigenvalue weighted by molar-refractivity contribution is -0.119. The van der Waals surface area contributed by atoms with E-state index < -0.39 is 5.41 Å². The fourth-order valence-electron chi connectivity index (χ4n) is 2.76. The Morgan fingerprint density at radius 3 is 2.61 bits per heavy atom. The quantitative estimate of drug-likeness (QED) is 0.745. The molecule has 2 aromatic carbocycles. The van der Waals surface area contributed by atoms with Crippen LogP contribution in [0.4, 0.5) is 17.1 Å². The molecule has 2 amide bonds. The average molecular weight is 309 g/mol. The molecule has 1 aliphatic rings. The van der Waals surface area contributed by atoms with Gasteiger partial charge in [0.15, 0.2) is 0 Å². The molecule has 0 saturated carbocycles. The van der Waals surface area contributed by atoms with Crippen molar-refractivity contribution in [3.05, 3.63) is 53.1 Å². The first-order valence-electron chi connectivity index (χ1n) is 7.42. The number of amides is 2. The molecule has 2 aromatic rings. The van der Waals surface area contributed by atoms with E-state index in [1.807, 2.05) is 26.8 Å². The number of anilines is 3. The summed E-state index contributed by atoms with van der Waals surface area (Å²) in [4.78, 5) is 24.4. The maximum absolute atomic E-state index is 12.4. The number of carbonyl (C=O) groups excluding carboxylic acids is 2. The molecule has 0 atom stereocenters. The zero-order valence-electron chi connectivity index (χ0n) is 13.4. The standard InChI is InChI=1S/C18H19N3O2/c1-10-8-12(19)5-7-14(10)20-16(22)11-4-6-13-15(9-11)21-17(23)18(13,2)3/h4-9H,19H2,1-3H3,(H,20,22)(H,21,23). The SMILES string of the molecule is Cc1cc(N)ccc1NC(=O)c1ccc2c(c1)NC(=O)C2(C)C. The van der Waals surface area contributed by atoms with Gasteiger partial charge in [0.25, 0.3) is 5.91 Å². The van der Waals surface area contributed by atoms with Crippen LogP contribution in [0.1, 0.15) is 35.3 Å². The monoisotopic (exact) mass is 309 g/mol. The van der Waals surface area contributed by atoms with E-state index in [0.29, 0.717) is 22.6 Å². The normalized spacial score (nSPS) is 15.0. The Kier molecular flexibility index (Phi) is 3.36. The van der Waals surface area contributed by atoms with Crippen LogP contribution in [0.3, 0.4) is 0 Å². The van der Waals surface area contributed by atoms with Gasteiger partial charge in [-0.15, -0.1) is 0 Å². The summed E-state index contributed by atoms with van der Waals surface area (Å²) < 4.78 is 0. The molecule has 23 heavy (non-hydrogen) atoms. The molecule has 5 nitrogen and oxygen atoms in total. The van der Waals surface area contributed by atoms with Crippen LogP contribution in [0, 0.1) is 6.92 Å². The van der Waals surface area contributed by atoms with Gasteiger partial charge in [0, 0.05) is 22.6 Å². The van der Waals surface area contributed by atoms with Gasteiger partial charge in [-0.1, -0.05) is 6.07 Å². The Morgan fingerprint density at radius 1 is 1.17 bits per heavy atom. The molecular weight excluding hydrogens is 290 g/mol. The third-order valence-electron chi connectivity index (χ3n) is 4.27. The van der Waals surface area contributed by atoms with Crippen LogP contribution in [-0.2, 0) is 10.2 Å². The predicted octanol–water partition coefficient (Wildman–Crippen LogP) is 3.06. The van der Waals surface area contributed by atoms with Gasteiger partial charge in [-0.3, -0.25) is 9.59 Å². The van der Waals surface area contributed by atoms with Crippen LogP contribution < -0.4 is 16.4 Å². The number of rotatable bonds is 2. The van der Waals surface area contributed by atoms with Gasteiger partial charge >= 0.3 is 0 Å². The molecule has 0 bridgehead atoms. The zero-order valence-corrected chi connectivity index (χ0v) is 13.4. The van der Waals surface area contributed by atoms with E-state index in [4.69, 9.17) is 5.73 Å². The molecule has 3 rings (SSSR count). The second-order valence-corrected chi connectivity index (χ2v) is 6.37. The van der Waals surface area contributed by atoms with Crippen molar-refractivity contribution in [1.82, 2.24) is 0 Å². The van der Waals surface area contributed by atoms with Crippen LogP contribution in [0.15, 0.2) is 36.4 Å². The minimum atomic E-state index is -0.572. The summed E-state index contributed by atoms with van der Waals surface area (Å²) in [6, 6.07) is 10.6. The van der Waals surface area contributed by atoms with Gasteiger partial charge in [0.1, 0.15) is 0 Å². The summed E-state index contributed by atoms with van der Waals surface area (Å²) >= 11 is 0. The number of fused-ring (bicyclic) bond motifs is 1. The Balaban J connectivity index is 1.87. The van der Waals surface area contributed by atoms with Gasteiger partial charge in [-0.2, -0.15) is 0 Å². The average Bonchev–Trinajstić information content (AvgIpc) is 2.71. The maximum Gasteiger partial charge on any atom is 0.255 e. The molecule has 1 aliphatic heterocycles. The molecule has 0 aliphatic carbocycles. The lowest BCUT2D eigenvalue weighted by Gasteiger charge is -2.15. The number of aryl methyl sites for hydroxylation is 1. The van der Waals surface area contributed by atoms with E-state index in [-0.39, 0.29) is 11.8 Å². The molecule has 0 radical (unpaired) electrons. The van der Waals surface area contributed by atoms with Gasteiger partial charge in [-0.05, 0) is 62.2 Å². The lowest BCUT2D eigenvalue weighted by Crippen LogP contribution is -2.26. The molecule has 0 spiro atoms. The van der Waals surface area contributed by atoms with Crippen molar-refractivity contribution in [2.45, 2.75) is 26.2 Å². The molecule has 118 valence electrons. The van der Waals surface area contributed by atoms with Gasteiger partial charge in [0.05, 0.1) is 5.41 Å². The van der Waals surface area contributed by atoms with Crippen LogP contribution in [0.2, 0.25) is 0 Å². The van der Waals surface area contributed by atoms with Crippen LogP contribution in [0.5, 0.6) is 0 Å². The molecule has 0 fully saturated rings. The predicted molar refractivity (Wildman–Crippen MR) is 91.6 cm³/mol. The van der Waals surface area contributed by atoms with E-state index in [2.05, 4.69) is 10.6 Å². The molecular formula is C18H19N3O2. The minimum absolute atomic E-state index is 0.0561.